The number of alkyl halides is 3. The van der Waals surface area contributed by atoms with Gasteiger partial charge in [-0.05, 0) is 18.2 Å². The van der Waals surface area contributed by atoms with Gasteiger partial charge in [0.05, 0.1) is 16.3 Å². The summed E-state index contributed by atoms with van der Waals surface area (Å²) in [5.74, 6) is 0. The van der Waals surface area contributed by atoms with Crippen LogP contribution in [-0.2, 0) is 6.18 Å². The summed E-state index contributed by atoms with van der Waals surface area (Å²) >= 11 is 6.89. The fraction of sp³-hybridized carbons (Fsp3) is 0.0909. The second-order valence-electron chi connectivity index (χ2n) is 3.38. The molecule has 0 radical (unpaired) electrons. The monoisotopic (exact) mass is 291 g/mol. The molecule has 0 aliphatic heterocycles. The molecule has 18 heavy (non-hydrogen) atoms. The minimum absolute atomic E-state index is 0.158. The van der Waals surface area contributed by atoms with Gasteiger partial charge < -0.3 is 0 Å². The Morgan fingerprint density at radius 3 is 2.61 bits per heavy atom. The van der Waals surface area contributed by atoms with Gasteiger partial charge in [0.15, 0.2) is 11.3 Å². The first-order valence-electron chi connectivity index (χ1n) is 4.69. The molecule has 0 N–H and O–H groups in total. The Morgan fingerprint density at radius 1 is 1.33 bits per heavy atom. The second kappa shape index (κ2) is 4.70. The molecule has 0 aliphatic carbocycles. The van der Waals surface area contributed by atoms with Crippen molar-refractivity contribution in [2.24, 2.45) is 0 Å². The zero-order valence-corrected chi connectivity index (χ0v) is 10.2. The molecule has 0 saturated carbocycles. The summed E-state index contributed by atoms with van der Waals surface area (Å²) in [5, 5.41) is 1.84. The van der Waals surface area contributed by atoms with Crippen molar-refractivity contribution in [3.05, 3.63) is 39.2 Å². The van der Waals surface area contributed by atoms with E-state index in [0.717, 1.165) is 23.5 Å². The summed E-state index contributed by atoms with van der Waals surface area (Å²) in [4.78, 5) is 14.4. The first kappa shape index (κ1) is 13.0. The average Bonchev–Trinajstić information content (AvgIpc) is 2.76. The molecule has 7 heteroatoms. The van der Waals surface area contributed by atoms with E-state index in [4.69, 9.17) is 11.6 Å². The van der Waals surface area contributed by atoms with Crippen molar-refractivity contribution < 1.29 is 18.0 Å². The first-order chi connectivity index (χ1) is 8.41. The van der Waals surface area contributed by atoms with Crippen LogP contribution in [0.4, 0.5) is 13.2 Å². The third-order valence-corrected chi connectivity index (χ3v) is 3.29. The quantitative estimate of drug-likeness (QED) is 0.772. The Bertz CT molecular complexity index is 594. The molecule has 2 rings (SSSR count). The van der Waals surface area contributed by atoms with Crippen LogP contribution in [0, 0.1) is 0 Å². The third-order valence-electron chi connectivity index (χ3n) is 2.19. The number of nitrogens with zero attached hydrogens (tertiary/aromatic N) is 1. The second-order valence-corrected chi connectivity index (χ2v) is 4.68. The molecule has 0 saturated heterocycles. The standard InChI is InChI=1S/C11H5ClF3NOS/c12-8-2-1-6(11(13,14)15)3-7(8)9-5-18-10(4-17)16-9/h1-5H. The van der Waals surface area contributed by atoms with Crippen LogP contribution < -0.4 is 0 Å². The Hall–Kier alpha value is -1.40. The largest absolute Gasteiger partial charge is 0.416 e. The van der Waals surface area contributed by atoms with E-state index in [9.17, 15) is 18.0 Å². The number of carbonyl (C=O) groups is 1. The van der Waals surface area contributed by atoms with Crippen LogP contribution in [0.25, 0.3) is 11.3 Å². The highest BCUT2D eigenvalue weighted by Crippen LogP contribution is 2.35. The van der Waals surface area contributed by atoms with Crippen LogP contribution in [0.3, 0.4) is 0 Å². The van der Waals surface area contributed by atoms with Crippen LogP contribution in [0.1, 0.15) is 15.4 Å². The molecule has 1 aromatic heterocycles. The van der Waals surface area contributed by atoms with Crippen molar-refractivity contribution in [1.82, 2.24) is 4.98 Å². The van der Waals surface area contributed by atoms with E-state index in [2.05, 4.69) is 4.98 Å². The molecule has 0 unspecified atom stereocenters. The van der Waals surface area contributed by atoms with E-state index >= 15 is 0 Å². The van der Waals surface area contributed by atoms with Crippen molar-refractivity contribution >= 4 is 29.2 Å². The molecule has 2 aromatic rings. The Labute approximate surface area is 109 Å². The number of benzene rings is 1. The maximum absolute atomic E-state index is 12.6. The fourth-order valence-electron chi connectivity index (χ4n) is 1.36. The Balaban J connectivity index is 2.52. The van der Waals surface area contributed by atoms with Gasteiger partial charge in [0, 0.05) is 10.9 Å². The van der Waals surface area contributed by atoms with Gasteiger partial charge in [-0.25, -0.2) is 4.98 Å². The smallest absolute Gasteiger partial charge is 0.295 e. The number of halogens is 4. The highest BCUT2D eigenvalue weighted by Gasteiger charge is 2.31. The molecule has 1 heterocycles. The van der Waals surface area contributed by atoms with Gasteiger partial charge in [-0.3, -0.25) is 4.79 Å². The molecular weight excluding hydrogens is 287 g/mol. The van der Waals surface area contributed by atoms with E-state index in [-0.39, 0.29) is 21.3 Å². The zero-order chi connectivity index (χ0) is 13.3. The Kier molecular flexibility index (Phi) is 3.41. The minimum atomic E-state index is -4.44. The molecule has 0 bridgehead atoms. The van der Waals surface area contributed by atoms with E-state index < -0.39 is 11.7 Å². The lowest BCUT2D eigenvalue weighted by molar-refractivity contribution is -0.137. The topological polar surface area (TPSA) is 30.0 Å². The van der Waals surface area contributed by atoms with Gasteiger partial charge >= 0.3 is 6.18 Å². The summed E-state index contributed by atoms with van der Waals surface area (Å²) < 4.78 is 37.7. The number of hydrogen-bond donors (Lipinski definition) is 0. The number of aldehydes is 1. The fourth-order valence-corrected chi connectivity index (χ4v) is 2.20. The lowest BCUT2D eigenvalue weighted by atomic mass is 10.1. The van der Waals surface area contributed by atoms with Gasteiger partial charge in [-0.2, -0.15) is 13.2 Å². The molecule has 0 fully saturated rings. The Morgan fingerprint density at radius 2 is 2.06 bits per heavy atom. The highest BCUT2D eigenvalue weighted by molar-refractivity contribution is 7.11. The van der Waals surface area contributed by atoms with E-state index in [0.29, 0.717) is 6.29 Å². The normalized spacial score (nSPS) is 11.6. The van der Waals surface area contributed by atoms with Crippen molar-refractivity contribution in [3.8, 4) is 11.3 Å². The van der Waals surface area contributed by atoms with Crippen molar-refractivity contribution in [2.75, 3.05) is 0 Å². The maximum atomic E-state index is 12.6. The average molecular weight is 292 g/mol. The molecule has 1 aromatic carbocycles. The summed E-state index contributed by atoms with van der Waals surface area (Å²) in [6, 6.07) is 2.99. The number of rotatable bonds is 2. The van der Waals surface area contributed by atoms with E-state index in [1.807, 2.05) is 0 Å². The first-order valence-corrected chi connectivity index (χ1v) is 5.95. The van der Waals surface area contributed by atoms with Crippen LogP contribution >= 0.6 is 22.9 Å². The van der Waals surface area contributed by atoms with Crippen LogP contribution in [0.5, 0.6) is 0 Å². The molecule has 2 nitrogen and oxygen atoms in total. The highest BCUT2D eigenvalue weighted by atomic mass is 35.5. The van der Waals surface area contributed by atoms with Gasteiger partial charge in [0.25, 0.3) is 0 Å². The molecule has 0 atom stereocenters. The molecule has 0 aliphatic rings. The van der Waals surface area contributed by atoms with Gasteiger partial charge in [-0.1, -0.05) is 11.6 Å². The predicted octanol–water partition coefficient (Wildman–Crippen LogP) is 4.29. The number of thiazole rings is 1. The lowest BCUT2D eigenvalue weighted by Crippen LogP contribution is -2.04. The van der Waals surface area contributed by atoms with E-state index in [1.165, 1.54) is 11.4 Å². The van der Waals surface area contributed by atoms with Crippen molar-refractivity contribution in [1.29, 1.82) is 0 Å². The molecular formula is C11H5ClF3NOS. The van der Waals surface area contributed by atoms with Gasteiger partial charge in [0.2, 0.25) is 0 Å². The van der Waals surface area contributed by atoms with Crippen LogP contribution in [-0.4, -0.2) is 11.3 Å². The van der Waals surface area contributed by atoms with Gasteiger partial charge in [-0.15, -0.1) is 11.3 Å². The third kappa shape index (κ3) is 2.54. The minimum Gasteiger partial charge on any atom is -0.295 e. The molecule has 0 spiro atoms. The van der Waals surface area contributed by atoms with Gasteiger partial charge in [0.1, 0.15) is 0 Å². The zero-order valence-electron chi connectivity index (χ0n) is 8.66. The SMILES string of the molecule is O=Cc1nc(-c2cc(C(F)(F)F)ccc2Cl)cs1. The number of hydrogen-bond acceptors (Lipinski definition) is 3. The summed E-state index contributed by atoms with van der Waals surface area (Å²) in [5.41, 5.74) is -0.378. The number of carbonyl (C=O) groups excluding carboxylic acids is 1. The lowest BCUT2D eigenvalue weighted by Gasteiger charge is -2.09. The summed E-state index contributed by atoms with van der Waals surface area (Å²) in [7, 11) is 0. The van der Waals surface area contributed by atoms with Crippen LogP contribution in [0.2, 0.25) is 5.02 Å². The van der Waals surface area contributed by atoms with Crippen molar-refractivity contribution in [3.63, 3.8) is 0 Å². The maximum Gasteiger partial charge on any atom is 0.416 e. The number of aromatic nitrogens is 1. The predicted molar refractivity (Wildman–Crippen MR) is 62.9 cm³/mol. The summed E-state index contributed by atoms with van der Waals surface area (Å²) in [6.07, 6.45) is -3.90. The molecule has 0 amide bonds. The molecule has 94 valence electrons. The van der Waals surface area contributed by atoms with E-state index in [1.54, 1.807) is 0 Å². The summed E-state index contributed by atoms with van der Waals surface area (Å²) in [6.45, 7) is 0. The van der Waals surface area contributed by atoms with Crippen molar-refractivity contribution in [2.45, 2.75) is 6.18 Å². The van der Waals surface area contributed by atoms with Crippen LogP contribution in [0.15, 0.2) is 23.6 Å².